The van der Waals surface area contributed by atoms with Crippen LogP contribution in [0.3, 0.4) is 0 Å². The Morgan fingerprint density at radius 3 is 2.68 bits per heavy atom. The number of carbonyl (C=O) groups is 1. The molecule has 0 bridgehead atoms. The number of nitrogens with zero attached hydrogens (tertiary/aromatic N) is 4. The number of carbonyl (C=O) groups excluding carboxylic acids is 1. The number of nitrogen functional groups attached to an aromatic ring is 1. The molecule has 1 amide bonds. The number of aryl methyl sites for hydroxylation is 2. The Kier molecular flexibility index (Phi) is 7.35. The summed E-state index contributed by atoms with van der Waals surface area (Å²) in [5, 5.41) is 17.4. The standard InChI is InChI=1S/C23H29FN6O4/c1-23(2,3)34-22(32)28-18-9-7-15(24)19(27-18)17(31)8-6-13-10-14(20(33-5)16(25)11-13)21-26-12-30(4)29-21/h7,9-12,17,31H,6,8,25H2,1-5H3,(H,27,28,32). The van der Waals surface area contributed by atoms with Gasteiger partial charge >= 0.3 is 6.09 Å². The van der Waals surface area contributed by atoms with Crippen LogP contribution in [-0.4, -0.2) is 43.7 Å². The Hall–Kier alpha value is -3.73. The number of hydrogen-bond acceptors (Lipinski definition) is 8. The molecule has 0 saturated carbocycles. The van der Waals surface area contributed by atoms with E-state index in [0.717, 1.165) is 11.6 Å². The fourth-order valence-electron chi connectivity index (χ4n) is 3.32. The number of amides is 1. The third-order valence-corrected chi connectivity index (χ3v) is 4.75. The van der Waals surface area contributed by atoms with E-state index in [0.29, 0.717) is 29.2 Å². The molecule has 0 aliphatic rings. The molecule has 0 fully saturated rings. The Balaban J connectivity index is 1.76. The van der Waals surface area contributed by atoms with Gasteiger partial charge < -0.3 is 20.3 Å². The van der Waals surface area contributed by atoms with Crippen LogP contribution in [0.1, 0.15) is 44.6 Å². The number of anilines is 2. The summed E-state index contributed by atoms with van der Waals surface area (Å²) in [4.78, 5) is 20.3. The van der Waals surface area contributed by atoms with Gasteiger partial charge in [-0.05, 0) is 63.4 Å². The summed E-state index contributed by atoms with van der Waals surface area (Å²) < 4.78 is 26.5. The number of hydrogen-bond donors (Lipinski definition) is 3. The zero-order valence-corrected chi connectivity index (χ0v) is 19.8. The van der Waals surface area contributed by atoms with Crippen molar-refractivity contribution < 1.29 is 23.8 Å². The SMILES string of the molecule is COc1c(N)cc(CCC(O)c2nc(NC(=O)OC(C)(C)C)ccc2F)cc1-c1ncn(C)n1. The van der Waals surface area contributed by atoms with Gasteiger partial charge in [0, 0.05) is 7.05 Å². The number of ether oxygens (including phenoxy) is 2. The number of rotatable bonds is 7. The molecular formula is C23H29FN6O4. The molecule has 0 spiro atoms. The molecule has 1 aromatic carbocycles. The van der Waals surface area contributed by atoms with Crippen molar-refractivity contribution in [3.8, 4) is 17.1 Å². The number of benzene rings is 1. The Morgan fingerprint density at radius 2 is 2.06 bits per heavy atom. The number of nitrogens with two attached hydrogens (primary N) is 1. The van der Waals surface area contributed by atoms with Crippen LogP contribution in [0.5, 0.6) is 5.75 Å². The Labute approximate surface area is 196 Å². The highest BCUT2D eigenvalue weighted by Gasteiger charge is 2.20. The first-order chi connectivity index (χ1) is 16.0. The molecule has 1 unspecified atom stereocenters. The highest BCUT2D eigenvalue weighted by atomic mass is 19.1. The Bertz CT molecular complexity index is 1170. The number of aliphatic hydroxyl groups excluding tert-OH is 1. The van der Waals surface area contributed by atoms with Gasteiger partial charge in [-0.15, -0.1) is 0 Å². The van der Waals surface area contributed by atoms with Crippen LogP contribution in [0, 0.1) is 5.82 Å². The fourth-order valence-corrected chi connectivity index (χ4v) is 3.32. The first-order valence-electron chi connectivity index (χ1n) is 10.6. The van der Waals surface area contributed by atoms with Gasteiger partial charge in [-0.2, -0.15) is 5.10 Å². The third-order valence-electron chi connectivity index (χ3n) is 4.75. The van der Waals surface area contributed by atoms with Crippen molar-refractivity contribution in [1.82, 2.24) is 19.7 Å². The minimum atomic E-state index is -1.22. The molecule has 11 heteroatoms. The number of aliphatic hydroxyl groups is 1. The molecule has 0 aliphatic carbocycles. The van der Waals surface area contributed by atoms with Crippen LogP contribution in [-0.2, 0) is 18.2 Å². The molecule has 0 aliphatic heterocycles. The molecule has 0 saturated heterocycles. The predicted molar refractivity (Wildman–Crippen MR) is 125 cm³/mol. The molecule has 10 nitrogen and oxygen atoms in total. The lowest BCUT2D eigenvalue weighted by Crippen LogP contribution is -2.27. The quantitative estimate of drug-likeness (QED) is 0.443. The van der Waals surface area contributed by atoms with Gasteiger partial charge in [0.15, 0.2) is 11.6 Å². The number of aromatic nitrogens is 4. The van der Waals surface area contributed by atoms with Gasteiger partial charge in [-0.1, -0.05) is 0 Å². The summed E-state index contributed by atoms with van der Waals surface area (Å²) in [7, 11) is 3.26. The fraction of sp³-hybridized carbons (Fsp3) is 0.391. The van der Waals surface area contributed by atoms with Crippen LogP contribution < -0.4 is 15.8 Å². The second-order valence-electron chi connectivity index (χ2n) is 8.75. The summed E-state index contributed by atoms with van der Waals surface area (Å²) in [6.07, 6.45) is 0.131. The number of nitrogens with one attached hydrogen (secondary N) is 1. The van der Waals surface area contributed by atoms with Crippen molar-refractivity contribution in [3.63, 3.8) is 0 Å². The van der Waals surface area contributed by atoms with Crippen molar-refractivity contribution in [2.75, 3.05) is 18.2 Å². The summed E-state index contributed by atoms with van der Waals surface area (Å²) in [6.45, 7) is 5.17. The van der Waals surface area contributed by atoms with Gasteiger partial charge in [0.25, 0.3) is 0 Å². The van der Waals surface area contributed by atoms with Gasteiger partial charge in [0.2, 0.25) is 0 Å². The van der Waals surface area contributed by atoms with E-state index >= 15 is 0 Å². The van der Waals surface area contributed by atoms with Gasteiger partial charge in [0.05, 0.1) is 24.5 Å². The first-order valence-corrected chi connectivity index (χ1v) is 10.6. The number of halogens is 1. The van der Waals surface area contributed by atoms with Gasteiger partial charge in [-0.25, -0.2) is 19.2 Å². The zero-order chi connectivity index (χ0) is 25.0. The lowest BCUT2D eigenvalue weighted by molar-refractivity contribution is 0.0635. The molecular weight excluding hydrogens is 443 g/mol. The van der Waals surface area contributed by atoms with E-state index in [1.165, 1.54) is 13.2 Å². The van der Waals surface area contributed by atoms with Crippen LogP contribution in [0.2, 0.25) is 0 Å². The zero-order valence-electron chi connectivity index (χ0n) is 19.8. The molecule has 3 rings (SSSR count). The largest absolute Gasteiger partial charge is 0.494 e. The topological polar surface area (TPSA) is 137 Å². The Morgan fingerprint density at radius 1 is 1.32 bits per heavy atom. The van der Waals surface area contributed by atoms with Gasteiger partial charge in [-0.3, -0.25) is 10.00 Å². The van der Waals surface area contributed by atoms with E-state index in [2.05, 4.69) is 20.4 Å². The predicted octanol–water partition coefficient (Wildman–Crippen LogP) is 3.62. The van der Waals surface area contributed by atoms with E-state index in [4.69, 9.17) is 15.2 Å². The minimum Gasteiger partial charge on any atom is -0.494 e. The van der Waals surface area contributed by atoms with E-state index < -0.39 is 23.6 Å². The maximum absolute atomic E-state index is 14.4. The van der Waals surface area contributed by atoms with Crippen molar-refractivity contribution in [2.24, 2.45) is 7.05 Å². The van der Waals surface area contributed by atoms with E-state index in [9.17, 15) is 14.3 Å². The molecule has 2 aromatic heterocycles. The smallest absolute Gasteiger partial charge is 0.413 e. The molecule has 182 valence electrons. The summed E-state index contributed by atoms with van der Waals surface area (Å²) in [5.41, 5.74) is 7.06. The van der Waals surface area contributed by atoms with Crippen molar-refractivity contribution in [1.29, 1.82) is 0 Å². The molecule has 3 aromatic rings. The van der Waals surface area contributed by atoms with E-state index in [1.807, 2.05) is 6.07 Å². The number of methoxy groups -OCH3 is 1. The lowest BCUT2D eigenvalue weighted by atomic mass is 10.0. The van der Waals surface area contributed by atoms with Crippen LogP contribution in [0.25, 0.3) is 11.4 Å². The van der Waals surface area contributed by atoms with Crippen molar-refractivity contribution in [3.05, 3.63) is 47.7 Å². The summed E-state index contributed by atoms with van der Waals surface area (Å²) in [6, 6.07) is 5.98. The average Bonchev–Trinajstić information content (AvgIpc) is 3.17. The van der Waals surface area contributed by atoms with Crippen LogP contribution in [0.4, 0.5) is 20.7 Å². The minimum absolute atomic E-state index is 0.0712. The highest BCUT2D eigenvalue weighted by Crippen LogP contribution is 2.35. The maximum atomic E-state index is 14.4. The number of pyridine rings is 1. The summed E-state index contributed by atoms with van der Waals surface area (Å²) in [5.74, 6) is 0.281. The second kappa shape index (κ2) is 10.0. The molecule has 1 atom stereocenters. The van der Waals surface area contributed by atoms with E-state index in [1.54, 1.807) is 44.9 Å². The highest BCUT2D eigenvalue weighted by molar-refractivity contribution is 5.83. The van der Waals surface area contributed by atoms with Crippen molar-refractivity contribution in [2.45, 2.75) is 45.3 Å². The monoisotopic (exact) mass is 472 g/mol. The van der Waals surface area contributed by atoms with Gasteiger partial charge in [0.1, 0.15) is 29.3 Å². The van der Waals surface area contributed by atoms with Crippen molar-refractivity contribution >= 4 is 17.6 Å². The molecule has 0 radical (unpaired) electrons. The first kappa shape index (κ1) is 24.9. The normalized spacial score (nSPS) is 12.3. The van der Waals surface area contributed by atoms with Crippen LogP contribution >= 0.6 is 0 Å². The average molecular weight is 473 g/mol. The van der Waals surface area contributed by atoms with Crippen LogP contribution in [0.15, 0.2) is 30.6 Å². The second-order valence-corrected chi connectivity index (χ2v) is 8.75. The van der Waals surface area contributed by atoms with E-state index in [-0.39, 0.29) is 17.9 Å². The summed E-state index contributed by atoms with van der Waals surface area (Å²) >= 11 is 0. The molecule has 34 heavy (non-hydrogen) atoms. The third kappa shape index (κ3) is 6.19. The molecule has 2 heterocycles. The molecule has 4 N–H and O–H groups in total. The lowest BCUT2D eigenvalue weighted by Gasteiger charge is -2.20. The maximum Gasteiger partial charge on any atom is 0.413 e.